The maximum atomic E-state index is 11.4. The van der Waals surface area contributed by atoms with Crippen molar-refractivity contribution in [3.8, 4) is 28.3 Å². The van der Waals surface area contributed by atoms with Crippen LogP contribution in [0.4, 0.5) is 0 Å². The number of rotatable bonds is 8. The van der Waals surface area contributed by atoms with Crippen LogP contribution in [0.5, 0.6) is 5.75 Å². The summed E-state index contributed by atoms with van der Waals surface area (Å²) >= 11 is 0. The molecule has 0 amide bonds. The third-order valence-electron chi connectivity index (χ3n) is 6.38. The fraction of sp³-hybridized carbons (Fsp3) is 0.200. The highest BCUT2D eigenvalue weighted by atomic mass is 16.5. The zero-order valence-electron chi connectivity index (χ0n) is 19.7. The normalized spacial score (nSPS) is 16.2. The van der Waals surface area contributed by atoms with Crippen LogP contribution in [0.1, 0.15) is 36.8 Å². The van der Waals surface area contributed by atoms with E-state index in [-0.39, 0.29) is 5.92 Å². The Kier molecular flexibility index (Phi) is 6.96. The highest BCUT2D eigenvalue weighted by Crippen LogP contribution is 2.43. The van der Waals surface area contributed by atoms with Gasteiger partial charge in [-0.2, -0.15) is 0 Å². The molecule has 1 aliphatic rings. The molecule has 1 N–H and O–H groups in total. The summed E-state index contributed by atoms with van der Waals surface area (Å²) in [6.45, 7) is -0.547. The van der Waals surface area contributed by atoms with Crippen molar-refractivity contribution in [2.45, 2.75) is 25.4 Å². The summed E-state index contributed by atoms with van der Waals surface area (Å²) in [5.41, 5.74) is 4.16. The summed E-state index contributed by atoms with van der Waals surface area (Å²) < 4.78 is 11.7. The van der Waals surface area contributed by atoms with Gasteiger partial charge in [0.25, 0.3) is 0 Å². The Labute approximate surface area is 209 Å². The molecule has 36 heavy (non-hydrogen) atoms. The van der Waals surface area contributed by atoms with Crippen LogP contribution in [0.15, 0.2) is 95.4 Å². The molecule has 2 atom stereocenters. The monoisotopic (exact) mass is 480 g/mol. The van der Waals surface area contributed by atoms with Crippen molar-refractivity contribution >= 4 is 11.5 Å². The van der Waals surface area contributed by atoms with E-state index in [0.29, 0.717) is 23.0 Å². The van der Waals surface area contributed by atoms with Crippen LogP contribution in [0.2, 0.25) is 0 Å². The summed E-state index contributed by atoms with van der Waals surface area (Å²) in [5.74, 6) is 0.0211. The number of benzene rings is 3. The molecule has 0 bridgehead atoms. The number of aliphatic hydroxyl groups is 1. The maximum Gasteiger partial charge on any atom is 0.223 e. The van der Waals surface area contributed by atoms with E-state index in [1.807, 2.05) is 66.7 Å². The first-order valence-electron chi connectivity index (χ1n) is 12.0. The maximum absolute atomic E-state index is 11.4. The molecule has 182 valence electrons. The minimum absolute atomic E-state index is 0.235. The fourth-order valence-electron chi connectivity index (χ4n) is 4.66. The van der Waals surface area contributed by atoms with Crippen LogP contribution < -0.4 is 9.84 Å². The summed E-state index contributed by atoms with van der Waals surface area (Å²) in [5, 5.41) is 22.2. The van der Waals surface area contributed by atoms with Crippen molar-refractivity contribution in [1.82, 2.24) is 4.98 Å². The predicted octanol–water partition coefficient (Wildman–Crippen LogP) is 5.05. The molecule has 6 heteroatoms. The van der Waals surface area contributed by atoms with Crippen LogP contribution in [0, 0.1) is 5.92 Å². The van der Waals surface area contributed by atoms with Crippen LogP contribution in [-0.2, 0) is 4.79 Å². The number of carbonyl (C=O) groups excluding carboxylic acids is 1. The largest absolute Gasteiger partial charge is 0.546 e. The number of oxazole rings is 1. The van der Waals surface area contributed by atoms with Gasteiger partial charge < -0.3 is 24.2 Å². The highest BCUT2D eigenvalue weighted by Gasteiger charge is 2.31. The summed E-state index contributed by atoms with van der Waals surface area (Å²) in [7, 11) is 0. The number of carbonyl (C=O) groups is 1. The van der Waals surface area contributed by atoms with Crippen molar-refractivity contribution in [2.75, 3.05) is 6.61 Å². The lowest BCUT2D eigenvalue weighted by Crippen LogP contribution is -2.29. The first-order chi connectivity index (χ1) is 17.6. The number of aromatic nitrogens is 1. The molecule has 0 fully saturated rings. The second kappa shape index (κ2) is 10.6. The number of nitrogens with zero attached hydrogens (tertiary/aromatic N) is 1. The highest BCUT2D eigenvalue weighted by molar-refractivity contribution is 5.79. The summed E-state index contributed by atoms with van der Waals surface area (Å²) in [6.07, 6.45) is 3.83. The molecule has 2 unspecified atom stereocenters. The SMILES string of the molecule is O=C([O-])COc1cccc(C(O)C2CCCC=C2c2nc(-c3ccccc3)c(-c3ccccc3)o2)c1. The van der Waals surface area contributed by atoms with E-state index < -0.39 is 18.7 Å². The number of aliphatic carboxylic acids is 1. The zero-order chi connectivity index (χ0) is 24.9. The number of carboxylic acid groups (broad SMARTS) is 1. The van der Waals surface area contributed by atoms with E-state index in [0.717, 1.165) is 41.7 Å². The average Bonchev–Trinajstić information content (AvgIpc) is 3.38. The lowest BCUT2D eigenvalue weighted by Gasteiger charge is -2.27. The number of carboxylic acids is 1. The second-order valence-corrected chi connectivity index (χ2v) is 8.80. The van der Waals surface area contributed by atoms with E-state index in [9.17, 15) is 15.0 Å². The van der Waals surface area contributed by atoms with E-state index in [2.05, 4.69) is 6.08 Å². The number of aliphatic hydroxyl groups excluding tert-OH is 1. The Hall–Kier alpha value is -4.16. The third kappa shape index (κ3) is 5.09. The third-order valence-corrected chi connectivity index (χ3v) is 6.38. The Balaban J connectivity index is 1.51. The van der Waals surface area contributed by atoms with E-state index in [4.69, 9.17) is 14.1 Å². The van der Waals surface area contributed by atoms with Gasteiger partial charge in [-0.3, -0.25) is 0 Å². The zero-order valence-corrected chi connectivity index (χ0v) is 19.7. The Morgan fingerprint density at radius 2 is 1.75 bits per heavy atom. The standard InChI is InChI=1S/C30H27NO5/c32-26(33)19-35-23-15-9-14-22(18-23)28(34)24-16-7-8-17-25(24)30-31-27(20-10-3-1-4-11-20)29(36-30)21-12-5-2-6-13-21/h1-6,9-15,17-18,24,28,34H,7-8,16,19H2,(H,32,33)/p-1. The number of hydrogen-bond donors (Lipinski definition) is 1. The number of ether oxygens (including phenoxy) is 1. The average molecular weight is 481 g/mol. The quantitative estimate of drug-likeness (QED) is 0.379. The molecule has 4 aromatic rings. The predicted molar refractivity (Wildman–Crippen MR) is 135 cm³/mol. The molecule has 1 aliphatic carbocycles. The molecule has 0 saturated carbocycles. The fourth-order valence-corrected chi connectivity index (χ4v) is 4.66. The van der Waals surface area contributed by atoms with Crippen LogP contribution in [-0.4, -0.2) is 22.7 Å². The van der Waals surface area contributed by atoms with E-state index in [1.54, 1.807) is 18.2 Å². The van der Waals surface area contributed by atoms with Gasteiger partial charge in [-0.1, -0.05) is 78.9 Å². The van der Waals surface area contributed by atoms with Crippen molar-refractivity contribution in [2.24, 2.45) is 5.92 Å². The van der Waals surface area contributed by atoms with Gasteiger partial charge in [0, 0.05) is 22.6 Å². The van der Waals surface area contributed by atoms with Crippen molar-refractivity contribution in [3.63, 3.8) is 0 Å². The topological polar surface area (TPSA) is 95.6 Å². The van der Waals surface area contributed by atoms with Gasteiger partial charge in [0.1, 0.15) is 18.1 Å². The van der Waals surface area contributed by atoms with Crippen LogP contribution in [0.25, 0.3) is 28.2 Å². The van der Waals surface area contributed by atoms with Crippen LogP contribution in [0.3, 0.4) is 0 Å². The van der Waals surface area contributed by atoms with Gasteiger partial charge >= 0.3 is 0 Å². The smallest absolute Gasteiger partial charge is 0.223 e. The molecule has 5 rings (SSSR count). The Morgan fingerprint density at radius 1 is 1.03 bits per heavy atom. The lowest BCUT2D eigenvalue weighted by atomic mass is 9.81. The van der Waals surface area contributed by atoms with Crippen LogP contribution >= 0.6 is 0 Å². The van der Waals surface area contributed by atoms with Gasteiger partial charge in [0.05, 0.1) is 12.1 Å². The number of hydrogen-bond acceptors (Lipinski definition) is 6. The van der Waals surface area contributed by atoms with E-state index >= 15 is 0 Å². The first-order valence-corrected chi connectivity index (χ1v) is 12.0. The Bertz CT molecular complexity index is 1300. The molecule has 0 radical (unpaired) electrons. The molecular formula is C30H26NO5-. The molecule has 0 spiro atoms. The van der Waals surface area contributed by atoms with Crippen molar-refractivity contribution in [3.05, 3.63) is 102 Å². The van der Waals surface area contributed by atoms with Crippen molar-refractivity contribution < 1.29 is 24.2 Å². The minimum Gasteiger partial charge on any atom is -0.546 e. The Morgan fingerprint density at radius 3 is 2.47 bits per heavy atom. The number of allylic oxidation sites excluding steroid dienone is 1. The minimum atomic E-state index is -1.30. The molecule has 0 aliphatic heterocycles. The molecule has 1 aromatic heterocycles. The van der Waals surface area contributed by atoms with Gasteiger partial charge in [-0.25, -0.2) is 4.98 Å². The molecule has 1 heterocycles. The van der Waals surface area contributed by atoms with Gasteiger partial charge in [-0.15, -0.1) is 0 Å². The molecule has 3 aromatic carbocycles. The van der Waals surface area contributed by atoms with Gasteiger partial charge in [0.15, 0.2) is 5.76 Å². The lowest BCUT2D eigenvalue weighted by molar-refractivity contribution is -0.307. The molecule has 0 saturated heterocycles. The summed E-state index contributed by atoms with van der Waals surface area (Å²) in [4.78, 5) is 15.7. The summed E-state index contributed by atoms with van der Waals surface area (Å²) in [6, 6.07) is 26.7. The van der Waals surface area contributed by atoms with E-state index in [1.165, 1.54) is 0 Å². The molecular weight excluding hydrogens is 454 g/mol. The molecule has 6 nitrogen and oxygen atoms in total. The van der Waals surface area contributed by atoms with Gasteiger partial charge in [0.2, 0.25) is 5.89 Å². The van der Waals surface area contributed by atoms with Crippen molar-refractivity contribution in [1.29, 1.82) is 0 Å². The second-order valence-electron chi connectivity index (χ2n) is 8.80. The first kappa shape index (κ1) is 23.6. The van der Waals surface area contributed by atoms with Gasteiger partial charge in [-0.05, 0) is 37.0 Å².